The topological polar surface area (TPSA) is 57.2 Å². The first-order chi connectivity index (χ1) is 14.8. The molecule has 1 N–H and O–H groups in total. The Labute approximate surface area is 193 Å². The molecule has 0 radical (unpaired) electrons. The fourth-order valence-electron chi connectivity index (χ4n) is 3.24. The van der Waals surface area contributed by atoms with Crippen molar-refractivity contribution in [3.63, 3.8) is 0 Å². The first-order valence-electron chi connectivity index (χ1n) is 10.3. The summed E-state index contributed by atoms with van der Waals surface area (Å²) in [4.78, 5) is 21.8. The van der Waals surface area contributed by atoms with E-state index in [2.05, 4.69) is 5.32 Å². The Hall–Kier alpha value is -2.38. The Kier molecular flexibility index (Phi) is 7.73. The molecule has 31 heavy (non-hydrogen) atoms. The quantitative estimate of drug-likeness (QED) is 0.559. The number of benzene rings is 2. The van der Waals surface area contributed by atoms with Crippen molar-refractivity contribution < 1.29 is 9.53 Å². The highest BCUT2D eigenvalue weighted by atomic mass is 35.5. The number of hydrogen-bond acceptors (Lipinski definition) is 5. The third-order valence-electron chi connectivity index (χ3n) is 4.68. The number of guanidine groups is 1. The highest BCUT2D eigenvalue weighted by Crippen LogP contribution is 2.27. The van der Waals surface area contributed by atoms with Crippen LogP contribution in [0.2, 0.25) is 5.02 Å². The van der Waals surface area contributed by atoms with Crippen LogP contribution in [-0.4, -0.2) is 45.7 Å². The molecule has 0 fully saturated rings. The molecule has 0 saturated heterocycles. The van der Waals surface area contributed by atoms with Crippen LogP contribution >= 0.6 is 23.4 Å². The maximum absolute atomic E-state index is 13.5. The molecule has 6 nitrogen and oxygen atoms in total. The zero-order valence-electron chi connectivity index (χ0n) is 18.5. The third kappa shape index (κ3) is 5.86. The van der Waals surface area contributed by atoms with Gasteiger partial charge in [-0.1, -0.05) is 23.7 Å². The third-order valence-corrected chi connectivity index (χ3v) is 5.69. The highest BCUT2D eigenvalue weighted by molar-refractivity contribution is 7.99. The van der Waals surface area contributed by atoms with E-state index in [4.69, 9.17) is 21.3 Å². The molecule has 166 valence electrons. The number of aliphatic imine (C=N–C) groups is 1. The Morgan fingerprint density at radius 3 is 2.29 bits per heavy atom. The molecule has 2 amide bonds. The summed E-state index contributed by atoms with van der Waals surface area (Å²) >= 11 is 7.56. The number of halogens is 1. The molecule has 0 aliphatic carbocycles. The van der Waals surface area contributed by atoms with Crippen molar-refractivity contribution in [2.45, 2.75) is 51.9 Å². The molecule has 0 aromatic heterocycles. The van der Waals surface area contributed by atoms with Gasteiger partial charge < -0.3 is 10.1 Å². The molecule has 0 spiro atoms. The summed E-state index contributed by atoms with van der Waals surface area (Å²) in [5.41, 5.74) is 1.51. The number of carbonyl (C=O) groups is 1. The molecule has 0 saturated carbocycles. The van der Waals surface area contributed by atoms with E-state index < -0.39 is 0 Å². The number of ether oxygens (including phenoxy) is 1. The second-order valence-corrected chi connectivity index (χ2v) is 9.16. The van der Waals surface area contributed by atoms with Gasteiger partial charge in [0.2, 0.25) is 5.96 Å². The van der Waals surface area contributed by atoms with Gasteiger partial charge in [-0.2, -0.15) is 0 Å². The van der Waals surface area contributed by atoms with Crippen LogP contribution in [0.15, 0.2) is 53.5 Å². The van der Waals surface area contributed by atoms with Gasteiger partial charge in [-0.3, -0.25) is 9.80 Å². The van der Waals surface area contributed by atoms with E-state index in [1.54, 1.807) is 9.80 Å². The fourth-order valence-corrected chi connectivity index (χ4v) is 4.13. The van der Waals surface area contributed by atoms with E-state index in [1.807, 2.05) is 82.5 Å². The molecule has 0 bridgehead atoms. The van der Waals surface area contributed by atoms with E-state index >= 15 is 0 Å². The number of carbonyl (C=O) groups excluding carboxylic acids is 1. The maximum Gasteiger partial charge on any atom is 0.329 e. The molecule has 2 aromatic carbocycles. The summed E-state index contributed by atoms with van der Waals surface area (Å²) in [5, 5.41) is 3.99. The minimum atomic E-state index is -0.292. The lowest BCUT2D eigenvalue weighted by molar-refractivity contribution is 0.147. The molecule has 1 aliphatic heterocycles. The van der Waals surface area contributed by atoms with Crippen LogP contribution in [0.25, 0.3) is 0 Å². The van der Waals surface area contributed by atoms with Crippen molar-refractivity contribution in [1.29, 1.82) is 0 Å². The lowest BCUT2D eigenvalue weighted by Crippen LogP contribution is -2.57. The average molecular weight is 461 g/mol. The molecule has 1 heterocycles. The van der Waals surface area contributed by atoms with Gasteiger partial charge in [-0.05, 0) is 75.9 Å². The smallest absolute Gasteiger partial charge is 0.329 e. The summed E-state index contributed by atoms with van der Waals surface area (Å²) in [7, 11) is 0. The first-order valence-corrected chi connectivity index (χ1v) is 11.9. The number of urea groups is 1. The van der Waals surface area contributed by atoms with Crippen LogP contribution in [0.1, 0.15) is 33.3 Å². The molecule has 2 aromatic rings. The van der Waals surface area contributed by atoms with Gasteiger partial charge in [0.15, 0.2) is 5.50 Å². The van der Waals surface area contributed by atoms with Crippen molar-refractivity contribution in [2.24, 2.45) is 4.99 Å². The zero-order valence-corrected chi connectivity index (χ0v) is 20.1. The molecule has 3 rings (SSSR count). The van der Waals surface area contributed by atoms with Crippen LogP contribution in [-0.2, 0) is 6.54 Å². The van der Waals surface area contributed by atoms with Gasteiger partial charge in [0, 0.05) is 16.8 Å². The van der Waals surface area contributed by atoms with Crippen molar-refractivity contribution in [2.75, 3.05) is 11.6 Å². The number of anilines is 1. The van der Waals surface area contributed by atoms with Crippen LogP contribution < -0.4 is 10.1 Å². The number of rotatable bonds is 7. The molecular formula is C23H29ClN4O2S. The van der Waals surface area contributed by atoms with Crippen molar-refractivity contribution in [1.82, 2.24) is 9.80 Å². The number of hydrogen-bond donors (Lipinski definition) is 1. The number of nitrogens with zero attached hydrogens (tertiary/aromatic N) is 3. The summed E-state index contributed by atoms with van der Waals surface area (Å²) in [6.07, 6.45) is 2.07. The highest BCUT2D eigenvalue weighted by Gasteiger charge is 2.37. The predicted molar refractivity (Wildman–Crippen MR) is 130 cm³/mol. The number of thioether (sulfide) groups is 1. The SMILES string of the molecule is CSC1N=C(Nc2ccc(OC(C)C)cc2)N(Cc2ccc(Cl)cc2)C(=O)N1C(C)C. The van der Waals surface area contributed by atoms with Gasteiger partial charge in [-0.15, -0.1) is 11.8 Å². The van der Waals surface area contributed by atoms with Crippen LogP contribution in [0, 0.1) is 0 Å². The van der Waals surface area contributed by atoms with E-state index in [0.717, 1.165) is 17.0 Å². The average Bonchev–Trinajstić information content (AvgIpc) is 2.72. The second-order valence-electron chi connectivity index (χ2n) is 7.83. The van der Waals surface area contributed by atoms with Crippen LogP contribution in [0.4, 0.5) is 10.5 Å². The Bertz CT molecular complexity index is 916. The monoisotopic (exact) mass is 460 g/mol. The van der Waals surface area contributed by atoms with Gasteiger partial charge in [0.05, 0.1) is 12.6 Å². The number of amides is 2. The summed E-state index contributed by atoms with van der Waals surface area (Å²) in [6.45, 7) is 8.38. The van der Waals surface area contributed by atoms with Gasteiger partial charge in [-0.25, -0.2) is 9.79 Å². The molecular weight excluding hydrogens is 432 g/mol. The van der Waals surface area contributed by atoms with Crippen molar-refractivity contribution in [3.8, 4) is 5.75 Å². The Balaban J connectivity index is 1.90. The molecule has 1 atom stereocenters. The minimum Gasteiger partial charge on any atom is -0.491 e. The molecule has 1 aliphatic rings. The van der Waals surface area contributed by atoms with Crippen molar-refractivity contribution >= 4 is 41.0 Å². The summed E-state index contributed by atoms with van der Waals surface area (Å²) < 4.78 is 5.72. The zero-order chi connectivity index (χ0) is 22.5. The van der Waals surface area contributed by atoms with Gasteiger partial charge >= 0.3 is 6.03 Å². The summed E-state index contributed by atoms with van der Waals surface area (Å²) in [5.74, 6) is 1.32. The maximum atomic E-state index is 13.5. The second kappa shape index (κ2) is 10.3. The lowest BCUT2D eigenvalue weighted by Gasteiger charge is -2.41. The lowest BCUT2D eigenvalue weighted by atomic mass is 10.2. The molecule has 8 heteroatoms. The fraction of sp³-hybridized carbons (Fsp3) is 0.391. The Morgan fingerprint density at radius 1 is 1.10 bits per heavy atom. The summed E-state index contributed by atoms with van der Waals surface area (Å²) in [6, 6.07) is 15.1. The van der Waals surface area contributed by atoms with E-state index in [0.29, 0.717) is 17.5 Å². The van der Waals surface area contributed by atoms with E-state index in [1.165, 1.54) is 11.8 Å². The largest absolute Gasteiger partial charge is 0.491 e. The van der Waals surface area contributed by atoms with Crippen LogP contribution in [0.3, 0.4) is 0 Å². The standard InChI is InChI=1S/C23H29ClN4O2S/c1-15(2)28-22(31-5)26-21(25-19-10-12-20(13-11-19)30-16(3)4)27(23(28)29)14-17-6-8-18(24)9-7-17/h6-13,15-16,22H,14H2,1-5H3,(H,25,26). The van der Waals surface area contributed by atoms with Gasteiger partial charge in [0.1, 0.15) is 5.75 Å². The normalized spacial score (nSPS) is 16.7. The van der Waals surface area contributed by atoms with Gasteiger partial charge in [0.25, 0.3) is 0 Å². The van der Waals surface area contributed by atoms with E-state index in [-0.39, 0.29) is 23.7 Å². The van der Waals surface area contributed by atoms with Crippen LogP contribution in [0.5, 0.6) is 5.75 Å². The number of nitrogens with one attached hydrogen (secondary N) is 1. The molecule has 1 unspecified atom stereocenters. The first kappa shape index (κ1) is 23.3. The van der Waals surface area contributed by atoms with Crippen molar-refractivity contribution in [3.05, 3.63) is 59.1 Å². The van der Waals surface area contributed by atoms with E-state index in [9.17, 15) is 4.79 Å². The predicted octanol–water partition coefficient (Wildman–Crippen LogP) is 5.89. The minimum absolute atomic E-state index is 0.0235. The Morgan fingerprint density at radius 2 is 1.74 bits per heavy atom.